The topological polar surface area (TPSA) is 72.7 Å². The van der Waals surface area contributed by atoms with Crippen LogP contribution in [0.15, 0.2) is 42.5 Å². The number of carbonyl (C=O) groups excluding carboxylic acids is 1. The minimum Gasteiger partial charge on any atom is -0.467 e. The summed E-state index contributed by atoms with van der Waals surface area (Å²) in [6.07, 6.45) is -4.25. The maximum atomic E-state index is 13.8. The van der Waals surface area contributed by atoms with E-state index in [4.69, 9.17) is 0 Å². The van der Waals surface area contributed by atoms with Crippen molar-refractivity contribution in [3.05, 3.63) is 58.2 Å². The highest BCUT2D eigenvalue weighted by atomic mass is 19.4. The second kappa shape index (κ2) is 6.91. The predicted molar refractivity (Wildman–Crippen MR) is 88.3 cm³/mol. The van der Waals surface area contributed by atoms with Gasteiger partial charge in [0.2, 0.25) is 5.54 Å². The zero-order valence-corrected chi connectivity index (χ0v) is 14.2. The first-order valence-electron chi connectivity index (χ1n) is 7.54. The molecule has 0 aliphatic carbocycles. The summed E-state index contributed by atoms with van der Waals surface area (Å²) in [6, 6.07) is 5.40. The molecule has 2 rings (SSSR count). The molecule has 1 aliphatic rings. The van der Waals surface area contributed by atoms with E-state index in [1.807, 2.05) is 0 Å². The minimum atomic E-state index is -4.86. The quantitative estimate of drug-likeness (QED) is 0.464. The van der Waals surface area contributed by atoms with Gasteiger partial charge in [-0.05, 0) is 35.9 Å². The van der Waals surface area contributed by atoms with Crippen LogP contribution in [0.4, 0.5) is 18.9 Å². The van der Waals surface area contributed by atoms with Crippen LogP contribution in [-0.2, 0) is 9.53 Å². The summed E-state index contributed by atoms with van der Waals surface area (Å²) in [7, 11) is 2.09. The number of nitro groups is 1. The molecule has 140 valence electrons. The summed E-state index contributed by atoms with van der Waals surface area (Å²) in [5.41, 5.74) is -1.72. The summed E-state index contributed by atoms with van der Waals surface area (Å²) in [6.45, 7) is 3.58. The molecule has 1 heterocycles. The van der Waals surface area contributed by atoms with Crippen molar-refractivity contribution in [2.24, 2.45) is 0 Å². The van der Waals surface area contributed by atoms with Gasteiger partial charge >= 0.3 is 12.1 Å². The average molecular weight is 370 g/mol. The fourth-order valence-electron chi connectivity index (χ4n) is 3.00. The molecule has 1 atom stereocenters. The molecule has 0 fully saturated rings. The lowest BCUT2D eigenvalue weighted by atomic mass is 9.91. The third-order valence-corrected chi connectivity index (χ3v) is 4.44. The zero-order chi connectivity index (χ0) is 19.7. The van der Waals surface area contributed by atoms with Crippen LogP contribution in [0.1, 0.15) is 12.0 Å². The molecule has 0 saturated carbocycles. The number of esters is 1. The number of hydrogen-bond donors (Lipinski definition) is 0. The Kier molecular flexibility index (Phi) is 5.22. The second-order valence-electron chi connectivity index (χ2n) is 5.94. The van der Waals surface area contributed by atoms with Gasteiger partial charge in [0.1, 0.15) is 0 Å². The molecule has 1 unspecified atom stereocenters. The van der Waals surface area contributed by atoms with Crippen molar-refractivity contribution >= 4 is 17.2 Å². The molecule has 0 aromatic heterocycles. The summed E-state index contributed by atoms with van der Waals surface area (Å²) >= 11 is 0. The largest absolute Gasteiger partial charge is 0.467 e. The Morgan fingerprint density at radius 3 is 2.38 bits per heavy atom. The van der Waals surface area contributed by atoms with E-state index < -0.39 is 29.0 Å². The Morgan fingerprint density at radius 2 is 1.92 bits per heavy atom. The van der Waals surface area contributed by atoms with E-state index in [0.717, 1.165) is 12.0 Å². The molecule has 1 aliphatic heterocycles. The first kappa shape index (κ1) is 19.6. The molecule has 6 nitrogen and oxygen atoms in total. The lowest BCUT2D eigenvalue weighted by Crippen LogP contribution is -2.62. The number of ether oxygens (including phenoxy) is 1. The molecule has 1 aromatic rings. The number of likely N-dealkylation sites (N-methyl/N-ethyl adjacent to an activating group) is 1. The third-order valence-electron chi connectivity index (χ3n) is 4.44. The van der Waals surface area contributed by atoms with Crippen LogP contribution in [0.3, 0.4) is 0 Å². The third kappa shape index (κ3) is 3.22. The SMILES string of the molecule is C=C1CN(C)C(C(=O)OC)(C(F)(F)F)CC=C1c1ccc([N+](=O)[O-])cc1. The summed E-state index contributed by atoms with van der Waals surface area (Å²) in [4.78, 5) is 23.1. The Hall–Kier alpha value is -2.68. The van der Waals surface area contributed by atoms with E-state index in [-0.39, 0.29) is 12.2 Å². The van der Waals surface area contributed by atoms with Crippen molar-refractivity contribution in [3.63, 3.8) is 0 Å². The van der Waals surface area contributed by atoms with E-state index in [1.165, 1.54) is 37.4 Å². The van der Waals surface area contributed by atoms with Gasteiger partial charge in [0, 0.05) is 25.1 Å². The highest BCUT2D eigenvalue weighted by Gasteiger charge is 2.63. The molecular formula is C17H17F3N2O4. The average Bonchev–Trinajstić information content (AvgIpc) is 2.70. The van der Waals surface area contributed by atoms with Crippen LogP contribution in [0.5, 0.6) is 0 Å². The van der Waals surface area contributed by atoms with E-state index in [2.05, 4.69) is 11.3 Å². The molecule has 0 N–H and O–H groups in total. The number of carbonyl (C=O) groups is 1. The maximum Gasteiger partial charge on any atom is 0.417 e. The highest BCUT2D eigenvalue weighted by molar-refractivity contribution is 5.86. The number of hydrogen-bond acceptors (Lipinski definition) is 5. The van der Waals surface area contributed by atoms with Crippen molar-refractivity contribution in [2.45, 2.75) is 18.1 Å². The molecule has 0 saturated heterocycles. The lowest BCUT2D eigenvalue weighted by molar-refractivity contribution is -0.384. The van der Waals surface area contributed by atoms with Gasteiger partial charge in [-0.25, -0.2) is 4.79 Å². The van der Waals surface area contributed by atoms with Gasteiger partial charge in [-0.1, -0.05) is 12.7 Å². The van der Waals surface area contributed by atoms with Crippen molar-refractivity contribution < 1.29 is 27.6 Å². The minimum absolute atomic E-state index is 0.134. The number of methoxy groups -OCH3 is 1. The lowest BCUT2D eigenvalue weighted by Gasteiger charge is -2.38. The fourth-order valence-corrected chi connectivity index (χ4v) is 3.00. The van der Waals surface area contributed by atoms with Gasteiger partial charge in [0.05, 0.1) is 12.0 Å². The Morgan fingerprint density at radius 1 is 1.35 bits per heavy atom. The van der Waals surface area contributed by atoms with Gasteiger partial charge in [0.15, 0.2) is 0 Å². The summed E-state index contributed by atoms with van der Waals surface area (Å²) in [5, 5.41) is 10.7. The van der Waals surface area contributed by atoms with Crippen LogP contribution in [-0.4, -0.2) is 48.2 Å². The number of nitrogens with zero attached hydrogens (tertiary/aromatic N) is 2. The molecule has 9 heteroatoms. The Labute approximate surface area is 147 Å². The number of halogens is 3. The van der Waals surface area contributed by atoms with E-state index in [0.29, 0.717) is 16.7 Å². The fraction of sp³-hybridized carbons (Fsp3) is 0.353. The van der Waals surface area contributed by atoms with Crippen LogP contribution < -0.4 is 0 Å². The number of benzene rings is 1. The van der Waals surface area contributed by atoms with E-state index >= 15 is 0 Å². The van der Waals surface area contributed by atoms with Gasteiger partial charge in [-0.15, -0.1) is 0 Å². The molecule has 0 radical (unpaired) electrons. The van der Waals surface area contributed by atoms with Crippen LogP contribution in [0, 0.1) is 10.1 Å². The van der Waals surface area contributed by atoms with Gasteiger partial charge in [0.25, 0.3) is 5.69 Å². The van der Waals surface area contributed by atoms with Crippen LogP contribution >= 0.6 is 0 Å². The van der Waals surface area contributed by atoms with Crippen molar-refractivity contribution in [3.8, 4) is 0 Å². The second-order valence-corrected chi connectivity index (χ2v) is 5.94. The zero-order valence-electron chi connectivity index (χ0n) is 14.2. The molecule has 0 bridgehead atoms. The molecule has 26 heavy (non-hydrogen) atoms. The smallest absolute Gasteiger partial charge is 0.417 e. The molecular weight excluding hydrogens is 353 g/mol. The Bertz CT molecular complexity index is 771. The number of nitro benzene ring substituents is 1. The standard InChI is InChI=1S/C17H17F3N2O4/c1-11-10-21(2)16(15(23)26-3,17(18,19)20)9-8-14(11)12-4-6-13(7-5-12)22(24)25/h4-8H,1,9-10H2,2-3H3. The number of alkyl halides is 3. The van der Waals surface area contributed by atoms with E-state index in [9.17, 15) is 28.1 Å². The molecule has 0 spiro atoms. The Balaban J connectivity index is 2.51. The van der Waals surface area contributed by atoms with Crippen molar-refractivity contribution in [2.75, 3.05) is 20.7 Å². The highest BCUT2D eigenvalue weighted by Crippen LogP contribution is 2.43. The normalized spacial score (nSPS) is 21.7. The first-order chi connectivity index (χ1) is 12.0. The maximum absolute atomic E-state index is 13.8. The summed E-state index contributed by atoms with van der Waals surface area (Å²) in [5.74, 6) is -1.40. The number of rotatable bonds is 3. The monoisotopic (exact) mass is 370 g/mol. The van der Waals surface area contributed by atoms with Gasteiger partial charge < -0.3 is 4.74 Å². The van der Waals surface area contributed by atoms with Crippen LogP contribution in [0.2, 0.25) is 0 Å². The summed E-state index contributed by atoms with van der Waals surface area (Å²) < 4.78 is 45.8. The first-order valence-corrected chi connectivity index (χ1v) is 7.54. The van der Waals surface area contributed by atoms with Crippen molar-refractivity contribution in [1.29, 1.82) is 0 Å². The van der Waals surface area contributed by atoms with Crippen molar-refractivity contribution in [1.82, 2.24) is 4.90 Å². The van der Waals surface area contributed by atoms with E-state index in [1.54, 1.807) is 0 Å². The molecule has 1 aromatic carbocycles. The molecule has 0 amide bonds. The van der Waals surface area contributed by atoms with Gasteiger partial charge in [-0.2, -0.15) is 13.2 Å². The number of non-ortho nitro benzene ring substituents is 1. The van der Waals surface area contributed by atoms with Gasteiger partial charge in [-0.3, -0.25) is 15.0 Å². The van der Waals surface area contributed by atoms with Crippen LogP contribution in [0.25, 0.3) is 5.57 Å². The predicted octanol–water partition coefficient (Wildman–Crippen LogP) is 3.34.